The van der Waals surface area contributed by atoms with Crippen molar-refractivity contribution in [1.82, 2.24) is 10.4 Å². The van der Waals surface area contributed by atoms with E-state index >= 15 is 0 Å². The fourth-order valence-corrected chi connectivity index (χ4v) is 2.60. The number of nitrogens with one attached hydrogen (secondary N) is 2. The van der Waals surface area contributed by atoms with Gasteiger partial charge < -0.3 is 4.98 Å². The minimum Gasteiger partial charge on any atom is -0.350 e. The van der Waals surface area contributed by atoms with Gasteiger partial charge in [0, 0.05) is 21.5 Å². The van der Waals surface area contributed by atoms with Crippen molar-refractivity contribution in [1.29, 1.82) is 0 Å². The van der Waals surface area contributed by atoms with Crippen LogP contribution in [0.3, 0.4) is 0 Å². The third-order valence-electron chi connectivity index (χ3n) is 3.18. The highest BCUT2D eigenvalue weighted by molar-refractivity contribution is 6.43. The van der Waals surface area contributed by atoms with E-state index in [-0.39, 0.29) is 5.91 Å². The number of aromatic amines is 1. The average molecular weight is 367 g/mol. The Morgan fingerprint density at radius 2 is 1.96 bits per heavy atom. The summed E-state index contributed by atoms with van der Waals surface area (Å²) in [5, 5.41) is 6.16. The molecule has 23 heavy (non-hydrogen) atoms. The van der Waals surface area contributed by atoms with Gasteiger partial charge in [-0.05, 0) is 30.3 Å². The number of nitrogens with zero attached hydrogens (tertiary/aromatic N) is 1. The largest absolute Gasteiger partial charge is 0.350 e. The molecule has 1 heterocycles. The van der Waals surface area contributed by atoms with E-state index in [0.29, 0.717) is 26.3 Å². The van der Waals surface area contributed by atoms with Crippen LogP contribution in [0.2, 0.25) is 15.1 Å². The molecule has 0 saturated carbocycles. The number of fused-ring (bicyclic) bond motifs is 1. The Labute approximate surface area is 147 Å². The lowest BCUT2D eigenvalue weighted by Gasteiger charge is -2.00. The highest BCUT2D eigenvalue weighted by atomic mass is 35.5. The number of halogens is 3. The molecule has 2 N–H and O–H groups in total. The number of hydrogen-bond donors (Lipinski definition) is 2. The molecule has 4 nitrogen and oxygen atoms in total. The van der Waals surface area contributed by atoms with Gasteiger partial charge >= 0.3 is 0 Å². The molecule has 2 aromatic carbocycles. The number of aromatic nitrogens is 1. The molecule has 0 aliphatic rings. The molecule has 0 unspecified atom stereocenters. The predicted octanol–water partition coefficient (Wildman–Crippen LogP) is 4.89. The van der Waals surface area contributed by atoms with Crippen molar-refractivity contribution in [2.75, 3.05) is 0 Å². The van der Waals surface area contributed by atoms with Crippen molar-refractivity contribution in [3.05, 3.63) is 68.8 Å². The zero-order chi connectivity index (χ0) is 16.4. The lowest BCUT2D eigenvalue weighted by atomic mass is 10.2. The summed E-state index contributed by atoms with van der Waals surface area (Å²) in [6, 6.07) is 12.2. The van der Waals surface area contributed by atoms with E-state index in [1.54, 1.807) is 36.4 Å². The highest BCUT2D eigenvalue weighted by Gasteiger charge is 2.09. The Kier molecular flexibility index (Phi) is 4.57. The number of hydrogen-bond acceptors (Lipinski definition) is 2. The van der Waals surface area contributed by atoms with Gasteiger partial charge in [0.1, 0.15) is 5.69 Å². The summed E-state index contributed by atoms with van der Waals surface area (Å²) in [5.74, 6) is -0.369. The third kappa shape index (κ3) is 3.50. The molecular weight excluding hydrogens is 357 g/mol. The molecule has 0 radical (unpaired) electrons. The van der Waals surface area contributed by atoms with Crippen molar-refractivity contribution in [3.63, 3.8) is 0 Å². The Morgan fingerprint density at radius 3 is 2.78 bits per heavy atom. The second kappa shape index (κ2) is 6.62. The molecule has 3 aromatic rings. The third-order valence-corrected chi connectivity index (χ3v) is 4.25. The van der Waals surface area contributed by atoms with Crippen molar-refractivity contribution in [2.45, 2.75) is 0 Å². The molecule has 7 heteroatoms. The van der Waals surface area contributed by atoms with Crippen LogP contribution in [0, 0.1) is 0 Å². The van der Waals surface area contributed by atoms with Gasteiger partial charge in [-0.1, -0.05) is 46.9 Å². The number of amides is 1. The summed E-state index contributed by atoms with van der Waals surface area (Å²) < 4.78 is 0. The summed E-state index contributed by atoms with van der Waals surface area (Å²) in [6.07, 6.45) is 1.44. The molecule has 0 aliphatic carbocycles. The maximum absolute atomic E-state index is 12.1. The Hall–Kier alpha value is -2.01. The number of hydrazone groups is 1. The van der Waals surface area contributed by atoms with Gasteiger partial charge in [0.15, 0.2) is 0 Å². The zero-order valence-corrected chi connectivity index (χ0v) is 13.9. The first-order valence-electron chi connectivity index (χ1n) is 6.60. The first-order valence-corrected chi connectivity index (χ1v) is 7.73. The molecule has 0 saturated heterocycles. The van der Waals surface area contributed by atoms with E-state index < -0.39 is 0 Å². The lowest BCUT2D eigenvalue weighted by Crippen LogP contribution is -2.17. The topological polar surface area (TPSA) is 57.2 Å². The normalized spacial score (nSPS) is 11.3. The van der Waals surface area contributed by atoms with Gasteiger partial charge in [0.25, 0.3) is 5.91 Å². The smallest absolute Gasteiger partial charge is 0.287 e. The predicted molar refractivity (Wildman–Crippen MR) is 94.8 cm³/mol. The molecule has 0 atom stereocenters. The van der Waals surface area contributed by atoms with Crippen molar-refractivity contribution >= 4 is 57.8 Å². The second-order valence-corrected chi connectivity index (χ2v) is 5.98. The standard InChI is InChI=1S/C16H10Cl3N3O/c17-11-4-5-13-10(6-11)7-14(21-13)16(23)22-20-8-9-2-1-3-12(18)15(9)19/h1-8,21H,(H,22,23)/b20-8+. The van der Waals surface area contributed by atoms with E-state index in [1.165, 1.54) is 6.21 Å². The first-order chi connectivity index (χ1) is 11.0. The molecule has 0 spiro atoms. The van der Waals surface area contributed by atoms with Gasteiger partial charge in [0.2, 0.25) is 0 Å². The summed E-state index contributed by atoms with van der Waals surface area (Å²) in [7, 11) is 0. The first kappa shape index (κ1) is 15.9. The van der Waals surface area contributed by atoms with Crippen molar-refractivity contribution in [3.8, 4) is 0 Å². The highest BCUT2D eigenvalue weighted by Crippen LogP contribution is 2.24. The fourth-order valence-electron chi connectivity index (χ4n) is 2.07. The fraction of sp³-hybridized carbons (Fsp3) is 0. The summed E-state index contributed by atoms with van der Waals surface area (Å²) in [5.41, 5.74) is 4.25. The number of rotatable bonds is 3. The van der Waals surface area contributed by atoms with E-state index in [2.05, 4.69) is 15.5 Å². The molecule has 1 amide bonds. The molecule has 3 rings (SSSR count). The van der Waals surface area contributed by atoms with Crippen LogP contribution in [0.15, 0.2) is 47.6 Å². The van der Waals surface area contributed by atoms with Crippen LogP contribution in [0.4, 0.5) is 0 Å². The number of carbonyl (C=O) groups excluding carboxylic acids is 1. The maximum atomic E-state index is 12.1. The number of H-pyrrole nitrogens is 1. The summed E-state index contributed by atoms with van der Waals surface area (Å²) in [4.78, 5) is 15.1. The van der Waals surface area contributed by atoms with Crippen LogP contribution in [0.1, 0.15) is 16.1 Å². The minimum absolute atomic E-state index is 0.369. The van der Waals surface area contributed by atoms with E-state index in [1.807, 2.05) is 6.07 Å². The van der Waals surface area contributed by atoms with Crippen LogP contribution in [-0.4, -0.2) is 17.1 Å². The summed E-state index contributed by atoms with van der Waals surface area (Å²) >= 11 is 17.9. The Morgan fingerprint density at radius 1 is 1.13 bits per heavy atom. The molecule has 0 fully saturated rings. The zero-order valence-electron chi connectivity index (χ0n) is 11.6. The van der Waals surface area contributed by atoms with Crippen LogP contribution in [0.5, 0.6) is 0 Å². The minimum atomic E-state index is -0.369. The van der Waals surface area contributed by atoms with Gasteiger partial charge in [-0.2, -0.15) is 5.10 Å². The van der Waals surface area contributed by atoms with Gasteiger partial charge in [-0.25, -0.2) is 5.43 Å². The lowest BCUT2D eigenvalue weighted by molar-refractivity contribution is 0.0951. The number of carbonyl (C=O) groups is 1. The molecule has 116 valence electrons. The van der Waals surface area contributed by atoms with Crippen molar-refractivity contribution < 1.29 is 4.79 Å². The molecule has 1 aromatic heterocycles. The monoisotopic (exact) mass is 365 g/mol. The van der Waals surface area contributed by atoms with Gasteiger partial charge in [0.05, 0.1) is 16.3 Å². The second-order valence-electron chi connectivity index (χ2n) is 4.76. The average Bonchev–Trinajstić information content (AvgIpc) is 2.94. The van der Waals surface area contributed by atoms with Crippen molar-refractivity contribution in [2.24, 2.45) is 5.10 Å². The van der Waals surface area contributed by atoms with Crippen LogP contribution < -0.4 is 5.43 Å². The Balaban J connectivity index is 1.75. The van der Waals surface area contributed by atoms with Crippen LogP contribution in [-0.2, 0) is 0 Å². The summed E-state index contributed by atoms with van der Waals surface area (Å²) in [6.45, 7) is 0. The molecular formula is C16H10Cl3N3O. The Bertz CT molecular complexity index is 918. The molecule has 0 aliphatic heterocycles. The maximum Gasteiger partial charge on any atom is 0.287 e. The number of benzene rings is 2. The van der Waals surface area contributed by atoms with E-state index in [9.17, 15) is 4.79 Å². The quantitative estimate of drug-likeness (QED) is 0.503. The van der Waals surface area contributed by atoms with Crippen LogP contribution in [0.25, 0.3) is 10.9 Å². The van der Waals surface area contributed by atoms with E-state index in [4.69, 9.17) is 34.8 Å². The van der Waals surface area contributed by atoms with Crippen LogP contribution >= 0.6 is 34.8 Å². The van der Waals surface area contributed by atoms with Gasteiger partial charge in [-0.3, -0.25) is 4.79 Å². The molecule has 0 bridgehead atoms. The van der Waals surface area contributed by atoms with E-state index in [0.717, 1.165) is 10.9 Å². The SMILES string of the molecule is O=C(N/N=C/c1cccc(Cl)c1Cl)c1cc2cc(Cl)ccc2[nH]1. The van der Waals surface area contributed by atoms with Gasteiger partial charge in [-0.15, -0.1) is 0 Å².